The minimum absolute atomic E-state index is 0.0710. The van der Waals surface area contributed by atoms with Gasteiger partial charge in [0.25, 0.3) is 0 Å². The SMILES string of the molecule is O=C(O)c1c(-c2ccc3[nH]ncc3c2)nnn1Cc1ccccc1. The largest absolute Gasteiger partial charge is 0.476 e. The number of aromatic amines is 1. The summed E-state index contributed by atoms with van der Waals surface area (Å²) in [5.74, 6) is -1.06. The second kappa shape index (κ2) is 5.62. The van der Waals surface area contributed by atoms with Crippen molar-refractivity contribution in [2.24, 2.45) is 0 Å². The Labute approximate surface area is 136 Å². The van der Waals surface area contributed by atoms with Crippen LogP contribution in [0.4, 0.5) is 0 Å². The van der Waals surface area contributed by atoms with E-state index in [4.69, 9.17) is 0 Å². The Morgan fingerprint density at radius 1 is 1.17 bits per heavy atom. The Morgan fingerprint density at radius 2 is 2.00 bits per heavy atom. The Balaban J connectivity index is 1.79. The number of carboxylic acid groups (broad SMARTS) is 1. The second-order valence-electron chi connectivity index (χ2n) is 5.41. The zero-order chi connectivity index (χ0) is 16.5. The lowest BCUT2D eigenvalue weighted by atomic mass is 10.1. The van der Waals surface area contributed by atoms with Crippen LogP contribution in [0.2, 0.25) is 0 Å². The molecule has 0 fully saturated rings. The molecule has 7 nitrogen and oxygen atoms in total. The first-order valence-corrected chi connectivity index (χ1v) is 7.36. The van der Waals surface area contributed by atoms with Crippen LogP contribution in [-0.4, -0.2) is 36.3 Å². The van der Waals surface area contributed by atoms with E-state index in [1.54, 1.807) is 6.20 Å². The molecule has 0 aliphatic heterocycles. The molecule has 0 unspecified atom stereocenters. The number of nitrogens with zero attached hydrogens (tertiary/aromatic N) is 4. The first-order valence-electron chi connectivity index (χ1n) is 7.36. The standard InChI is InChI=1S/C17H13N5O2/c23-17(24)16-15(12-6-7-14-13(8-12)9-18-19-14)20-21-22(16)10-11-4-2-1-3-5-11/h1-9H,10H2,(H,18,19)(H,23,24). The fourth-order valence-corrected chi connectivity index (χ4v) is 2.68. The summed E-state index contributed by atoms with van der Waals surface area (Å²) in [4.78, 5) is 11.8. The molecular formula is C17H13N5O2. The predicted molar refractivity (Wildman–Crippen MR) is 87.6 cm³/mol. The summed E-state index contributed by atoms with van der Waals surface area (Å²) in [5, 5.41) is 25.5. The summed E-state index contributed by atoms with van der Waals surface area (Å²) in [5.41, 5.74) is 2.96. The van der Waals surface area contributed by atoms with Crippen molar-refractivity contribution in [3.05, 3.63) is 66.0 Å². The molecule has 7 heteroatoms. The van der Waals surface area contributed by atoms with Gasteiger partial charge in [0.1, 0.15) is 5.69 Å². The van der Waals surface area contributed by atoms with E-state index >= 15 is 0 Å². The van der Waals surface area contributed by atoms with Crippen molar-refractivity contribution in [3.63, 3.8) is 0 Å². The molecule has 118 valence electrons. The van der Waals surface area contributed by atoms with Crippen molar-refractivity contribution < 1.29 is 9.90 Å². The van der Waals surface area contributed by atoms with Crippen LogP contribution in [0.1, 0.15) is 16.1 Å². The average molecular weight is 319 g/mol. The van der Waals surface area contributed by atoms with Gasteiger partial charge < -0.3 is 5.11 Å². The third kappa shape index (κ3) is 2.41. The molecular weight excluding hydrogens is 306 g/mol. The normalized spacial score (nSPS) is 11.0. The van der Waals surface area contributed by atoms with Gasteiger partial charge in [0, 0.05) is 10.9 Å². The first-order chi connectivity index (χ1) is 11.7. The van der Waals surface area contributed by atoms with Crippen LogP contribution in [0.3, 0.4) is 0 Å². The molecule has 2 heterocycles. The lowest BCUT2D eigenvalue weighted by molar-refractivity contribution is 0.0685. The van der Waals surface area contributed by atoms with Crippen LogP contribution >= 0.6 is 0 Å². The summed E-state index contributed by atoms with van der Waals surface area (Å²) in [7, 11) is 0. The van der Waals surface area contributed by atoms with E-state index in [1.807, 2.05) is 48.5 Å². The zero-order valence-electron chi connectivity index (χ0n) is 12.5. The fraction of sp³-hybridized carbons (Fsp3) is 0.0588. The van der Waals surface area contributed by atoms with E-state index in [0.29, 0.717) is 17.8 Å². The summed E-state index contributed by atoms with van der Waals surface area (Å²) >= 11 is 0. The zero-order valence-corrected chi connectivity index (χ0v) is 12.5. The maximum Gasteiger partial charge on any atom is 0.356 e. The van der Waals surface area contributed by atoms with E-state index < -0.39 is 5.97 Å². The molecule has 0 amide bonds. The van der Waals surface area contributed by atoms with Crippen molar-refractivity contribution in [2.75, 3.05) is 0 Å². The molecule has 0 atom stereocenters. The van der Waals surface area contributed by atoms with Gasteiger partial charge in [-0.2, -0.15) is 5.10 Å². The van der Waals surface area contributed by atoms with Crippen molar-refractivity contribution in [1.29, 1.82) is 0 Å². The molecule has 0 saturated heterocycles. The number of fused-ring (bicyclic) bond motifs is 1. The van der Waals surface area contributed by atoms with E-state index in [9.17, 15) is 9.90 Å². The maximum atomic E-state index is 11.8. The van der Waals surface area contributed by atoms with Gasteiger partial charge in [0.15, 0.2) is 5.69 Å². The van der Waals surface area contributed by atoms with Crippen LogP contribution < -0.4 is 0 Å². The molecule has 24 heavy (non-hydrogen) atoms. The molecule has 4 aromatic rings. The van der Waals surface area contributed by atoms with Gasteiger partial charge in [-0.15, -0.1) is 5.10 Å². The van der Waals surface area contributed by atoms with E-state index in [0.717, 1.165) is 16.5 Å². The van der Waals surface area contributed by atoms with Gasteiger partial charge in [0.05, 0.1) is 18.3 Å². The second-order valence-corrected chi connectivity index (χ2v) is 5.41. The molecule has 2 aromatic heterocycles. The molecule has 0 aliphatic carbocycles. The molecule has 0 radical (unpaired) electrons. The summed E-state index contributed by atoms with van der Waals surface area (Å²) < 4.78 is 1.41. The smallest absolute Gasteiger partial charge is 0.356 e. The van der Waals surface area contributed by atoms with E-state index in [1.165, 1.54) is 4.68 Å². The van der Waals surface area contributed by atoms with Gasteiger partial charge in [-0.1, -0.05) is 41.6 Å². The van der Waals surface area contributed by atoms with E-state index in [2.05, 4.69) is 20.5 Å². The molecule has 0 spiro atoms. The van der Waals surface area contributed by atoms with Gasteiger partial charge in [0.2, 0.25) is 0 Å². The van der Waals surface area contributed by atoms with Crippen LogP contribution in [-0.2, 0) is 6.54 Å². The van der Waals surface area contributed by atoms with E-state index in [-0.39, 0.29) is 5.69 Å². The predicted octanol–water partition coefficient (Wildman–Crippen LogP) is 2.57. The minimum Gasteiger partial charge on any atom is -0.476 e. The van der Waals surface area contributed by atoms with Crippen LogP contribution in [0.15, 0.2) is 54.7 Å². The van der Waals surface area contributed by atoms with Crippen molar-refractivity contribution in [1.82, 2.24) is 25.2 Å². The number of H-pyrrole nitrogens is 1. The Bertz CT molecular complexity index is 1020. The molecule has 0 bridgehead atoms. The number of aromatic carboxylic acids is 1. The minimum atomic E-state index is -1.06. The van der Waals surface area contributed by atoms with Crippen molar-refractivity contribution >= 4 is 16.9 Å². The number of benzene rings is 2. The van der Waals surface area contributed by atoms with Crippen LogP contribution in [0.25, 0.3) is 22.2 Å². The van der Waals surface area contributed by atoms with Crippen molar-refractivity contribution in [3.8, 4) is 11.3 Å². The Kier molecular flexibility index (Phi) is 3.31. The first kappa shape index (κ1) is 14.1. The highest BCUT2D eigenvalue weighted by atomic mass is 16.4. The molecule has 0 saturated carbocycles. The van der Waals surface area contributed by atoms with Crippen molar-refractivity contribution in [2.45, 2.75) is 6.54 Å². The summed E-state index contributed by atoms with van der Waals surface area (Å²) in [6.45, 7) is 0.351. The highest BCUT2D eigenvalue weighted by Gasteiger charge is 2.21. The van der Waals surface area contributed by atoms with Crippen LogP contribution in [0.5, 0.6) is 0 Å². The maximum absolute atomic E-state index is 11.8. The highest BCUT2D eigenvalue weighted by molar-refractivity contribution is 5.94. The molecule has 4 rings (SSSR count). The third-order valence-corrected chi connectivity index (χ3v) is 3.83. The number of hydrogen-bond donors (Lipinski definition) is 2. The van der Waals surface area contributed by atoms with Gasteiger partial charge in [-0.25, -0.2) is 9.48 Å². The quantitative estimate of drug-likeness (QED) is 0.602. The number of aromatic nitrogens is 5. The third-order valence-electron chi connectivity index (χ3n) is 3.83. The molecule has 2 N–H and O–H groups in total. The average Bonchev–Trinajstić information content (AvgIpc) is 3.21. The monoisotopic (exact) mass is 319 g/mol. The number of rotatable bonds is 4. The lowest BCUT2D eigenvalue weighted by Gasteiger charge is -2.05. The fourth-order valence-electron chi connectivity index (χ4n) is 2.68. The lowest BCUT2D eigenvalue weighted by Crippen LogP contribution is -2.11. The molecule has 2 aromatic carbocycles. The number of carboxylic acids is 1. The summed E-state index contributed by atoms with van der Waals surface area (Å²) in [6, 6.07) is 15.1. The highest BCUT2D eigenvalue weighted by Crippen LogP contribution is 2.25. The Hall–Kier alpha value is -3.48. The Morgan fingerprint density at radius 3 is 2.79 bits per heavy atom. The van der Waals surface area contributed by atoms with Crippen LogP contribution in [0, 0.1) is 0 Å². The topological polar surface area (TPSA) is 96.7 Å². The molecule has 0 aliphatic rings. The number of carbonyl (C=O) groups is 1. The number of nitrogens with one attached hydrogen (secondary N) is 1. The van der Waals surface area contributed by atoms with Gasteiger partial charge in [-0.05, 0) is 17.7 Å². The number of hydrogen-bond acceptors (Lipinski definition) is 4. The van der Waals surface area contributed by atoms with Gasteiger partial charge in [-0.3, -0.25) is 5.10 Å². The van der Waals surface area contributed by atoms with Gasteiger partial charge >= 0.3 is 5.97 Å². The summed E-state index contributed by atoms with van der Waals surface area (Å²) in [6.07, 6.45) is 1.69.